The molecular weight excluding hydrogens is 420 g/mol. The van der Waals surface area contributed by atoms with Gasteiger partial charge in [0.15, 0.2) is 0 Å². The number of aryl methyl sites for hydroxylation is 1. The Labute approximate surface area is 193 Å². The Morgan fingerprint density at radius 1 is 1.33 bits per heavy atom. The number of nitrogens with one attached hydrogen (secondary N) is 1. The molecule has 1 amide bonds. The number of likely N-dealkylation sites (N-methyl/N-ethyl adjacent to an activating group) is 1. The van der Waals surface area contributed by atoms with Gasteiger partial charge >= 0.3 is 0 Å². The number of benzene rings is 1. The van der Waals surface area contributed by atoms with E-state index in [4.69, 9.17) is 19.4 Å². The van der Waals surface area contributed by atoms with Gasteiger partial charge in [0.1, 0.15) is 5.75 Å². The summed E-state index contributed by atoms with van der Waals surface area (Å²) in [6.07, 6.45) is 5.11. The summed E-state index contributed by atoms with van der Waals surface area (Å²) in [7, 11) is 1.65. The summed E-state index contributed by atoms with van der Waals surface area (Å²) >= 11 is 0. The average Bonchev–Trinajstić information content (AvgIpc) is 3.25. The molecule has 174 valence electrons. The number of hydrogen-bond acceptors (Lipinski definition) is 7. The molecule has 0 atom stereocenters. The Morgan fingerprint density at radius 2 is 2.18 bits per heavy atom. The van der Waals surface area contributed by atoms with Gasteiger partial charge in [0.05, 0.1) is 49.4 Å². The Hall–Kier alpha value is -3.46. The van der Waals surface area contributed by atoms with E-state index in [1.165, 1.54) is 0 Å². The van der Waals surface area contributed by atoms with Crippen molar-refractivity contribution in [1.29, 1.82) is 0 Å². The van der Waals surface area contributed by atoms with E-state index < -0.39 is 0 Å². The van der Waals surface area contributed by atoms with E-state index in [9.17, 15) is 4.79 Å². The van der Waals surface area contributed by atoms with Gasteiger partial charge in [-0.25, -0.2) is 15.0 Å². The maximum atomic E-state index is 11.8. The number of rotatable bonds is 8. The number of imidazole rings is 1. The third-order valence-electron chi connectivity index (χ3n) is 5.78. The molecule has 33 heavy (non-hydrogen) atoms. The number of fused-ring (bicyclic) bond motifs is 1. The van der Waals surface area contributed by atoms with Gasteiger partial charge in [-0.3, -0.25) is 4.79 Å². The van der Waals surface area contributed by atoms with Gasteiger partial charge in [-0.1, -0.05) is 0 Å². The number of anilines is 2. The van der Waals surface area contributed by atoms with Gasteiger partial charge in [0, 0.05) is 56.4 Å². The van der Waals surface area contributed by atoms with Crippen molar-refractivity contribution in [2.75, 3.05) is 32.1 Å². The largest absolute Gasteiger partial charge is 0.494 e. The minimum Gasteiger partial charge on any atom is -0.494 e. The van der Waals surface area contributed by atoms with E-state index in [0.29, 0.717) is 44.4 Å². The molecule has 0 spiro atoms. The SMILES string of the molecule is CCN(CCc1nc(Nc2ccc(-n3cnc(C)c3)c(OC)c2)nc2c1COCC2)C(C)=O. The molecule has 0 radical (unpaired) electrons. The van der Waals surface area contributed by atoms with E-state index in [0.717, 1.165) is 40.4 Å². The van der Waals surface area contributed by atoms with Crippen molar-refractivity contribution in [1.82, 2.24) is 24.4 Å². The molecule has 2 aromatic heterocycles. The quantitative estimate of drug-likeness (QED) is 0.563. The lowest BCUT2D eigenvalue weighted by molar-refractivity contribution is -0.128. The highest BCUT2D eigenvalue weighted by molar-refractivity contribution is 5.73. The molecule has 1 aliphatic rings. The van der Waals surface area contributed by atoms with Crippen LogP contribution >= 0.6 is 0 Å². The molecule has 0 bridgehead atoms. The van der Waals surface area contributed by atoms with Crippen LogP contribution in [0.5, 0.6) is 5.75 Å². The van der Waals surface area contributed by atoms with E-state index in [-0.39, 0.29) is 5.91 Å². The summed E-state index contributed by atoms with van der Waals surface area (Å²) in [5.74, 6) is 1.31. The summed E-state index contributed by atoms with van der Waals surface area (Å²) in [4.78, 5) is 27.5. The zero-order chi connectivity index (χ0) is 23.4. The van der Waals surface area contributed by atoms with E-state index >= 15 is 0 Å². The number of nitrogens with zero attached hydrogens (tertiary/aromatic N) is 5. The van der Waals surface area contributed by atoms with Crippen molar-refractivity contribution in [3.8, 4) is 11.4 Å². The summed E-state index contributed by atoms with van der Waals surface area (Å²) < 4.78 is 13.2. The standard InChI is InChI=1S/C24H30N6O3/c1-5-29(17(3)31)10-8-20-19-14-33-11-9-21(19)28-24(27-20)26-18-6-7-22(23(12-18)32-4)30-13-16(2)25-15-30/h6-7,12-13,15H,5,8-11,14H2,1-4H3,(H,26,27,28). The van der Waals surface area contributed by atoms with Crippen LogP contribution in [0.15, 0.2) is 30.7 Å². The number of ether oxygens (including phenoxy) is 2. The second-order valence-corrected chi connectivity index (χ2v) is 8.00. The fraction of sp³-hybridized carbons (Fsp3) is 0.417. The minimum atomic E-state index is 0.0651. The fourth-order valence-corrected chi connectivity index (χ4v) is 3.99. The van der Waals surface area contributed by atoms with Crippen LogP contribution in [0.4, 0.5) is 11.6 Å². The monoisotopic (exact) mass is 450 g/mol. The van der Waals surface area contributed by atoms with Crippen molar-refractivity contribution in [2.45, 2.75) is 40.2 Å². The number of hydrogen-bond donors (Lipinski definition) is 1. The number of carbonyl (C=O) groups excluding carboxylic acids is 1. The maximum Gasteiger partial charge on any atom is 0.227 e. The van der Waals surface area contributed by atoms with Crippen LogP contribution in [0.3, 0.4) is 0 Å². The molecule has 9 nitrogen and oxygen atoms in total. The molecule has 9 heteroatoms. The number of carbonyl (C=O) groups is 1. The van der Waals surface area contributed by atoms with Crippen LogP contribution in [0.25, 0.3) is 5.69 Å². The molecule has 0 saturated carbocycles. The number of aromatic nitrogens is 4. The van der Waals surface area contributed by atoms with Gasteiger partial charge in [-0.2, -0.15) is 0 Å². The van der Waals surface area contributed by atoms with Gasteiger partial charge in [0.25, 0.3) is 0 Å². The first kappa shape index (κ1) is 22.7. The number of amides is 1. The maximum absolute atomic E-state index is 11.8. The third-order valence-corrected chi connectivity index (χ3v) is 5.78. The third kappa shape index (κ3) is 5.14. The lowest BCUT2D eigenvalue weighted by Gasteiger charge is -2.22. The predicted octanol–water partition coefficient (Wildman–Crippen LogP) is 3.21. The second kappa shape index (κ2) is 9.99. The van der Waals surface area contributed by atoms with Gasteiger partial charge in [0.2, 0.25) is 11.9 Å². The lowest BCUT2D eigenvalue weighted by Crippen LogP contribution is -2.31. The lowest BCUT2D eigenvalue weighted by atomic mass is 10.1. The van der Waals surface area contributed by atoms with Crippen LogP contribution in [0.1, 0.15) is 36.5 Å². The molecule has 4 rings (SSSR count). The smallest absolute Gasteiger partial charge is 0.227 e. The first-order valence-corrected chi connectivity index (χ1v) is 11.2. The normalized spacial score (nSPS) is 12.8. The zero-order valence-electron chi connectivity index (χ0n) is 19.6. The number of methoxy groups -OCH3 is 1. The Morgan fingerprint density at radius 3 is 2.88 bits per heavy atom. The Bertz CT molecular complexity index is 1140. The van der Waals surface area contributed by atoms with Crippen molar-refractivity contribution >= 4 is 17.5 Å². The van der Waals surface area contributed by atoms with Crippen LogP contribution < -0.4 is 10.1 Å². The van der Waals surface area contributed by atoms with Gasteiger partial charge in [-0.15, -0.1) is 0 Å². The Balaban J connectivity index is 1.60. The van der Waals surface area contributed by atoms with Crippen molar-refractivity contribution in [3.63, 3.8) is 0 Å². The minimum absolute atomic E-state index is 0.0651. The van der Waals surface area contributed by atoms with E-state index in [2.05, 4.69) is 10.3 Å². The van der Waals surface area contributed by atoms with Crippen molar-refractivity contribution in [3.05, 3.63) is 53.4 Å². The van der Waals surface area contributed by atoms with Crippen molar-refractivity contribution in [2.24, 2.45) is 0 Å². The molecule has 0 fully saturated rings. The first-order valence-electron chi connectivity index (χ1n) is 11.2. The molecule has 1 aliphatic heterocycles. The van der Waals surface area contributed by atoms with Crippen LogP contribution in [-0.2, 0) is 29.0 Å². The van der Waals surface area contributed by atoms with E-state index in [1.54, 1.807) is 20.4 Å². The predicted molar refractivity (Wildman–Crippen MR) is 125 cm³/mol. The van der Waals surface area contributed by atoms with Gasteiger partial charge in [-0.05, 0) is 26.0 Å². The highest BCUT2D eigenvalue weighted by Crippen LogP contribution is 2.29. The fourth-order valence-electron chi connectivity index (χ4n) is 3.99. The summed E-state index contributed by atoms with van der Waals surface area (Å²) in [6.45, 7) is 7.96. The van der Waals surface area contributed by atoms with Crippen LogP contribution in [0, 0.1) is 6.92 Å². The molecule has 3 heterocycles. The second-order valence-electron chi connectivity index (χ2n) is 8.00. The molecule has 0 aliphatic carbocycles. The Kier molecular flexibility index (Phi) is 6.88. The highest BCUT2D eigenvalue weighted by Gasteiger charge is 2.19. The summed E-state index contributed by atoms with van der Waals surface area (Å²) in [5, 5.41) is 3.33. The van der Waals surface area contributed by atoms with E-state index in [1.807, 2.05) is 47.7 Å². The molecule has 1 aromatic carbocycles. The van der Waals surface area contributed by atoms with Crippen molar-refractivity contribution < 1.29 is 14.3 Å². The van der Waals surface area contributed by atoms with Crippen LogP contribution in [0.2, 0.25) is 0 Å². The average molecular weight is 451 g/mol. The molecule has 0 unspecified atom stereocenters. The highest BCUT2D eigenvalue weighted by atomic mass is 16.5. The topological polar surface area (TPSA) is 94.4 Å². The zero-order valence-corrected chi connectivity index (χ0v) is 19.6. The summed E-state index contributed by atoms with van der Waals surface area (Å²) in [5.41, 5.74) is 5.61. The molecule has 0 saturated heterocycles. The molecule has 1 N–H and O–H groups in total. The van der Waals surface area contributed by atoms with Gasteiger partial charge < -0.3 is 24.3 Å². The molecule has 3 aromatic rings. The molecular formula is C24H30N6O3. The van der Waals surface area contributed by atoms with Crippen LogP contribution in [-0.4, -0.2) is 57.1 Å². The summed E-state index contributed by atoms with van der Waals surface area (Å²) in [6, 6.07) is 5.86. The first-order chi connectivity index (χ1) is 16.0.